The van der Waals surface area contributed by atoms with E-state index >= 15 is 0 Å². The number of nitrogen functional groups attached to an aromatic ring is 1. The molecule has 0 aromatic carbocycles. The molecule has 2 rings (SSSR count). The Morgan fingerprint density at radius 1 is 1.26 bits per heavy atom. The third kappa shape index (κ3) is 2.08. The fourth-order valence-corrected chi connectivity index (χ4v) is 3.19. The van der Waals surface area contributed by atoms with Gasteiger partial charge in [0.1, 0.15) is 11.0 Å². The summed E-state index contributed by atoms with van der Waals surface area (Å²) in [5.41, 5.74) is 5.79. The summed E-state index contributed by atoms with van der Waals surface area (Å²) >= 11 is 0.979. The highest BCUT2D eigenvalue weighted by atomic mass is 32.1. The topological polar surface area (TPSA) is 141 Å². The number of carbonyl (C=O) groups is 3. The molecule has 9 heteroatoms. The molecule has 5 N–H and O–H groups in total. The minimum absolute atomic E-state index is 0.0638. The largest absolute Gasteiger partial charge is 0.480 e. The Morgan fingerprint density at radius 2 is 1.89 bits per heavy atom. The number of amides is 1. The van der Waals surface area contributed by atoms with Gasteiger partial charge in [-0.1, -0.05) is 0 Å². The first kappa shape index (κ1) is 13.1. The molecular weight excluding hydrogens is 276 g/mol. The van der Waals surface area contributed by atoms with E-state index < -0.39 is 24.1 Å². The van der Waals surface area contributed by atoms with Crippen LogP contribution in [0.15, 0.2) is 0 Å². The van der Waals surface area contributed by atoms with Crippen LogP contribution in [0, 0.1) is 0 Å². The molecule has 1 aliphatic rings. The normalized spacial score (nSPS) is 17.9. The van der Waals surface area contributed by atoms with Crippen molar-refractivity contribution in [1.82, 2.24) is 4.90 Å². The van der Waals surface area contributed by atoms with E-state index in [0.717, 1.165) is 16.2 Å². The molecule has 102 valence electrons. The molecule has 19 heavy (non-hydrogen) atoms. The fourth-order valence-electron chi connectivity index (χ4n) is 2.10. The Kier molecular flexibility index (Phi) is 3.06. The molecule has 0 saturated heterocycles. The number of carboxylic acids is 2. The lowest BCUT2D eigenvalue weighted by atomic mass is 9.96. The molecule has 1 aromatic heterocycles. The van der Waals surface area contributed by atoms with E-state index in [9.17, 15) is 14.4 Å². The lowest BCUT2D eigenvalue weighted by molar-refractivity contribution is -0.143. The molecule has 2 heterocycles. The summed E-state index contributed by atoms with van der Waals surface area (Å²) in [6, 6.07) is -1.29. The number of carboxylic acid groups (broad SMARTS) is 3. The van der Waals surface area contributed by atoms with Gasteiger partial charge in [-0.3, -0.25) is 4.90 Å². The molecule has 0 spiro atoms. The van der Waals surface area contributed by atoms with Gasteiger partial charge in [-0.2, -0.15) is 0 Å². The molecule has 1 aromatic rings. The van der Waals surface area contributed by atoms with Gasteiger partial charge in [-0.15, -0.1) is 11.3 Å². The Labute approximate surface area is 110 Å². The van der Waals surface area contributed by atoms with Crippen LogP contribution in [0.2, 0.25) is 0 Å². The van der Waals surface area contributed by atoms with Crippen LogP contribution in [0.5, 0.6) is 0 Å². The van der Waals surface area contributed by atoms with Crippen LogP contribution in [0.3, 0.4) is 0 Å². The summed E-state index contributed by atoms with van der Waals surface area (Å²) in [6.07, 6.45) is -1.55. The Hall–Kier alpha value is -2.29. The fraction of sp³-hybridized carbons (Fsp3) is 0.300. The van der Waals surface area contributed by atoms with E-state index in [1.165, 1.54) is 0 Å². The minimum Gasteiger partial charge on any atom is -0.480 e. The molecule has 1 amide bonds. The number of nitrogens with two attached hydrogens (primary N) is 1. The van der Waals surface area contributed by atoms with Crippen LogP contribution in [-0.4, -0.2) is 44.3 Å². The van der Waals surface area contributed by atoms with E-state index in [-0.39, 0.29) is 23.5 Å². The summed E-state index contributed by atoms with van der Waals surface area (Å²) in [7, 11) is 0. The molecule has 0 radical (unpaired) electrons. The third-order valence-electron chi connectivity index (χ3n) is 2.95. The number of hydrogen-bond donors (Lipinski definition) is 4. The lowest BCUT2D eigenvalue weighted by Crippen LogP contribution is -2.47. The van der Waals surface area contributed by atoms with Crippen molar-refractivity contribution in [3.63, 3.8) is 0 Å². The monoisotopic (exact) mass is 286 g/mol. The second kappa shape index (κ2) is 4.43. The van der Waals surface area contributed by atoms with Gasteiger partial charge in [-0.05, 0) is 5.56 Å². The number of rotatable bonds is 2. The zero-order valence-corrected chi connectivity index (χ0v) is 10.3. The lowest BCUT2D eigenvalue weighted by Gasteiger charge is -2.30. The summed E-state index contributed by atoms with van der Waals surface area (Å²) in [6.45, 7) is -0.163. The van der Waals surface area contributed by atoms with E-state index in [2.05, 4.69) is 0 Å². The number of aliphatic carboxylic acids is 1. The maximum absolute atomic E-state index is 11.1. The number of anilines is 1. The number of nitrogens with zero attached hydrogens (tertiary/aromatic N) is 1. The number of hydrogen-bond acceptors (Lipinski definition) is 5. The van der Waals surface area contributed by atoms with Gasteiger partial charge in [-0.25, -0.2) is 14.4 Å². The van der Waals surface area contributed by atoms with Gasteiger partial charge >= 0.3 is 18.0 Å². The molecule has 0 fully saturated rings. The molecule has 0 bridgehead atoms. The van der Waals surface area contributed by atoms with Crippen LogP contribution >= 0.6 is 11.3 Å². The number of aromatic carboxylic acids is 1. The van der Waals surface area contributed by atoms with Crippen LogP contribution in [0.1, 0.15) is 20.8 Å². The average molecular weight is 286 g/mol. The number of thiophene rings is 1. The third-order valence-corrected chi connectivity index (χ3v) is 4.00. The smallest absolute Gasteiger partial charge is 0.408 e. The second-order valence-corrected chi connectivity index (χ2v) is 5.15. The zero-order chi connectivity index (χ0) is 14.3. The molecule has 0 saturated carbocycles. The van der Waals surface area contributed by atoms with Crippen molar-refractivity contribution < 1.29 is 29.7 Å². The van der Waals surface area contributed by atoms with Crippen LogP contribution < -0.4 is 5.73 Å². The first-order valence-corrected chi connectivity index (χ1v) is 6.00. The molecule has 1 atom stereocenters. The SMILES string of the molecule is Nc1sc2c(c1C(=O)O)C[C@@H](C(=O)O)N(C(=O)O)C2. The van der Waals surface area contributed by atoms with Crippen LogP contribution in [-0.2, 0) is 17.8 Å². The van der Waals surface area contributed by atoms with Crippen molar-refractivity contribution in [2.24, 2.45) is 0 Å². The molecular formula is C10H10N2O6S. The quantitative estimate of drug-likeness (QED) is 0.620. The summed E-state index contributed by atoms with van der Waals surface area (Å²) in [5, 5.41) is 27.2. The standard InChI is InChI=1S/C10H10N2O6S/c11-7-6(9(15)16)3-1-4(8(13)14)12(10(17)18)2-5(3)19-7/h4H,1-2,11H2,(H,13,14)(H,15,16)(H,17,18)/t4-/m0/s1. The summed E-state index contributed by atoms with van der Waals surface area (Å²) < 4.78 is 0. The molecule has 0 aliphatic carbocycles. The van der Waals surface area contributed by atoms with Crippen molar-refractivity contribution in [3.8, 4) is 0 Å². The predicted octanol–water partition coefficient (Wildman–Crippen LogP) is 0.518. The molecule has 8 nitrogen and oxygen atoms in total. The van der Waals surface area contributed by atoms with E-state index in [1.54, 1.807) is 0 Å². The maximum Gasteiger partial charge on any atom is 0.408 e. The maximum atomic E-state index is 11.1. The first-order chi connectivity index (χ1) is 8.82. The summed E-state index contributed by atoms with van der Waals surface area (Å²) in [5.74, 6) is -2.54. The zero-order valence-electron chi connectivity index (χ0n) is 9.49. The number of fused-ring (bicyclic) bond motifs is 1. The van der Waals surface area contributed by atoms with Crippen molar-refractivity contribution in [2.75, 3.05) is 5.73 Å². The van der Waals surface area contributed by atoms with Crippen molar-refractivity contribution in [2.45, 2.75) is 19.0 Å². The Balaban J connectivity index is 2.50. The van der Waals surface area contributed by atoms with Crippen LogP contribution in [0.25, 0.3) is 0 Å². The highest BCUT2D eigenvalue weighted by Crippen LogP contribution is 2.37. The second-order valence-electron chi connectivity index (χ2n) is 4.02. The van der Waals surface area contributed by atoms with Gasteiger partial charge < -0.3 is 21.1 Å². The molecule has 0 unspecified atom stereocenters. The Morgan fingerprint density at radius 3 is 2.37 bits per heavy atom. The minimum atomic E-state index is -1.36. The van der Waals surface area contributed by atoms with E-state index in [4.69, 9.17) is 21.1 Å². The van der Waals surface area contributed by atoms with Gasteiger partial charge in [0.05, 0.1) is 12.1 Å². The summed E-state index contributed by atoms with van der Waals surface area (Å²) in [4.78, 5) is 34.5. The van der Waals surface area contributed by atoms with Gasteiger partial charge in [0, 0.05) is 11.3 Å². The van der Waals surface area contributed by atoms with Crippen molar-refractivity contribution in [3.05, 3.63) is 16.0 Å². The molecule has 1 aliphatic heterocycles. The van der Waals surface area contributed by atoms with Crippen molar-refractivity contribution >= 4 is 34.4 Å². The average Bonchev–Trinajstić information content (AvgIpc) is 2.61. The predicted molar refractivity (Wildman–Crippen MR) is 64.4 cm³/mol. The van der Waals surface area contributed by atoms with E-state index in [1.807, 2.05) is 0 Å². The van der Waals surface area contributed by atoms with Crippen molar-refractivity contribution in [1.29, 1.82) is 0 Å². The van der Waals surface area contributed by atoms with Crippen LogP contribution in [0.4, 0.5) is 9.80 Å². The van der Waals surface area contributed by atoms with Gasteiger partial charge in [0.15, 0.2) is 0 Å². The van der Waals surface area contributed by atoms with E-state index in [0.29, 0.717) is 10.4 Å². The van der Waals surface area contributed by atoms with Gasteiger partial charge in [0.25, 0.3) is 0 Å². The highest BCUT2D eigenvalue weighted by Gasteiger charge is 2.38. The Bertz CT molecular complexity index is 581. The van der Waals surface area contributed by atoms with Gasteiger partial charge in [0.2, 0.25) is 0 Å². The first-order valence-electron chi connectivity index (χ1n) is 5.18. The highest BCUT2D eigenvalue weighted by molar-refractivity contribution is 7.16.